The van der Waals surface area contributed by atoms with E-state index in [1.54, 1.807) is 25.1 Å². The summed E-state index contributed by atoms with van der Waals surface area (Å²) >= 11 is 0. The third kappa shape index (κ3) is 6.37. The number of hydrogen-bond acceptors (Lipinski definition) is 6. The Morgan fingerprint density at radius 2 is 1.69 bits per heavy atom. The zero-order chi connectivity index (χ0) is 21.4. The first-order valence-electron chi connectivity index (χ1n) is 9.06. The van der Waals surface area contributed by atoms with Crippen molar-refractivity contribution in [2.45, 2.75) is 31.2 Å². The van der Waals surface area contributed by atoms with Gasteiger partial charge in [0.15, 0.2) is 18.1 Å². The number of carbonyl (C=O) groups is 1. The number of carbonyl (C=O) groups excluding carboxylic acids is 1. The molecule has 29 heavy (non-hydrogen) atoms. The molecule has 9 heteroatoms. The van der Waals surface area contributed by atoms with E-state index < -0.39 is 10.0 Å². The number of hydrogen-bond donors (Lipinski definition) is 2. The van der Waals surface area contributed by atoms with E-state index in [4.69, 9.17) is 14.2 Å². The van der Waals surface area contributed by atoms with Crippen LogP contribution in [0.25, 0.3) is 0 Å². The molecule has 2 rings (SSSR count). The van der Waals surface area contributed by atoms with Gasteiger partial charge in [-0.05, 0) is 49.7 Å². The lowest BCUT2D eigenvalue weighted by Gasteiger charge is -2.13. The zero-order valence-electron chi connectivity index (χ0n) is 16.9. The smallest absolute Gasteiger partial charge is 0.262 e. The summed E-state index contributed by atoms with van der Waals surface area (Å²) in [5, 5.41) is 2.70. The monoisotopic (exact) mass is 422 g/mol. The predicted octanol–water partition coefficient (Wildman–Crippen LogP) is 2.80. The molecule has 0 heterocycles. The van der Waals surface area contributed by atoms with Gasteiger partial charge in [-0.15, -0.1) is 0 Å². The molecule has 2 aromatic rings. The van der Waals surface area contributed by atoms with E-state index in [2.05, 4.69) is 10.0 Å². The van der Waals surface area contributed by atoms with Crippen LogP contribution in [-0.4, -0.2) is 41.2 Å². The Kier molecular flexibility index (Phi) is 7.86. The van der Waals surface area contributed by atoms with Gasteiger partial charge in [-0.3, -0.25) is 4.79 Å². The van der Waals surface area contributed by atoms with Crippen LogP contribution >= 0.6 is 0 Å². The maximum Gasteiger partial charge on any atom is 0.262 e. The Morgan fingerprint density at radius 3 is 2.28 bits per heavy atom. The minimum absolute atomic E-state index is 0.139. The number of anilines is 1. The van der Waals surface area contributed by atoms with Gasteiger partial charge in [0.05, 0.1) is 19.1 Å². The largest absolute Gasteiger partial charge is 0.493 e. The highest BCUT2D eigenvalue weighted by molar-refractivity contribution is 7.89. The van der Waals surface area contributed by atoms with Crippen LogP contribution in [-0.2, 0) is 14.8 Å². The Hall–Kier alpha value is -2.78. The molecule has 0 radical (unpaired) electrons. The summed E-state index contributed by atoms with van der Waals surface area (Å²) in [6, 6.07) is 10.7. The maximum atomic E-state index is 12.2. The fourth-order valence-electron chi connectivity index (χ4n) is 2.39. The van der Waals surface area contributed by atoms with E-state index in [0.717, 1.165) is 0 Å². The summed E-state index contributed by atoms with van der Waals surface area (Å²) in [4.78, 5) is 12.2. The Bertz CT molecular complexity index is 928. The number of benzene rings is 2. The second kappa shape index (κ2) is 10.1. The molecule has 1 amide bonds. The maximum absolute atomic E-state index is 12.2. The standard InChI is InChI=1S/C20H26N2O6S/c1-5-14(2)22-29(24,25)17-9-7-16(8-10-17)28-13-20(23)21-15-6-11-18(26-3)19(12-15)27-4/h6-12,14,22H,5,13H2,1-4H3,(H,21,23)/t14-/m0/s1. The van der Waals surface area contributed by atoms with E-state index in [9.17, 15) is 13.2 Å². The van der Waals surface area contributed by atoms with Gasteiger partial charge in [0.25, 0.3) is 5.91 Å². The fourth-order valence-corrected chi connectivity index (χ4v) is 3.72. The number of sulfonamides is 1. The van der Waals surface area contributed by atoms with Crippen LogP contribution in [0.3, 0.4) is 0 Å². The first-order chi connectivity index (χ1) is 13.8. The molecule has 0 aliphatic rings. The molecule has 0 saturated heterocycles. The summed E-state index contributed by atoms with van der Waals surface area (Å²) in [7, 11) is -0.542. The molecule has 2 N–H and O–H groups in total. The second-order valence-electron chi connectivity index (χ2n) is 6.31. The molecule has 0 saturated carbocycles. The topological polar surface area (TPSA) is 103 Å². The summed E-state index contributed by atoms with van der Waals surface area (Å²) in [6.07, 6.45) is 0.690. The lowest BCUT2D eigenvalue weighted by Crippen LogP contribution is -2.31. The van der Waals surface area contributed by atoms with Crippen LogP contribution in [0.5, 0.6) is 17.2 Å². The molecule has 0 spiro atoms. The summed E-state index contributed by atoms with van der Waals surface area (Å²) in [5.74, 6) is 1.07. The Labute approximate surface area is 171 Å². The quantitative estimate of drug-likeness (QED) is 0.610. The molecule has 0 aromatic heterocycles. The highest BCUT2D eigenvalue weighted by Crippen LogP contribution is 2.29. The molecule has 158 valence electrons. The molecule has 8 nitrogen and oxygen atoms in total. The summed E-state index contributed by atoms with van der Waals surface area (Å²) < 4.78 is 42.9. The van der Waals surface area contributed by atoms with Crippen LogP contribution in [0.4, 0.5) is 5.69 Å². The molecule has 0 bridgehead atoms. The van der Waals surface area contributed by atoms with E-state index >= 15 is 0 Å². The van der Waals surface area contributed by atoms with Crippen LogP contribution < -0.4 is 24.2 Å². The molecule has 1 atom stereocenters. The average molecular weight is 423 g/mol. The highest BCUT2D eigenvalue weighted by atomic mass is 32.2. The van der Waals surface area contributed by atoms with Crippen molar-refractivity contribution in [2.75, 3.05) is 26.1 Å². The molecule has 0 unspecified atom stereocenters. The summed E-state index contributed by atoms with van der Waals surface area (Å²) in [5.41, 5.74) is 0.536. The van der Waals surface area contributed by atoms with Crippen molar-refractivity contribution in [3.8, 4) is 17.2 Å². The number of rotatable bonds is 10. The van der Waals surface area contributed by atoms with Crippen molar-refractivity contribution < 1.29 is 27.4 Å². The van der Waals surface area contributed by atoms with Gasteiger partial charge in [-0.2, -0.15) is 0 Å². The molecule has 0 aliphatic carbocycles. The minimum atomic E-state index is -3.58. The normalized spacial score (nSPS) is 12.1. The van der Waals surface area contributed by atoms with Crippen LogP contribution in [0.2, 0.25) is 0 Å². The van der Waals surface area contributed by atoms with E-state index in [1.807, 2.05) is 6.92 Å². The van der Waals surface area contributed by atoms with Crippen molar-refractivity contribution >= 4 is 21.6 Å². The van der Waals surface area contributed by atoms with Crippen molar-refractivity contribution in [3.05, 3.63) is 42.5 Å². The molecule has 2 aromatic carbocycles. The molecule has 0 aliphatic heterocycles. The number of ether oxygens (including phenoxy) is 3. The van der Waals surface area contributed by atoms with Gasteiger partial charge in [-0.25, -0.2) is 13.1 Å². The first kappa shape index (κ1) is 22.5. The molecular formula is C20H26N2O6S. The van der Waals surface area contributed by atoms with Gasteiger partial charge >= 0.3 is 0 Å². The van der Waals surface area contributed by atoms with Crippen molar-refractivity contribution in [3.63, 3.8) is 0 Å². The third-order valence-corrected chi connectivity index (χ3v) is 5.75. The second-order valence-corrected chi connectivity index (χ2v) is 8.02. The molecular weight excluding hydrogens is 396 g/mol. The SMILES string of the molecule is CC[C@H](C)NS(=O)(=O)c1ccc(OCC(=O)Nc2ccc(OC)c(OC)c2)cc1. The lowest BCUT2D eigenvalue weighted by atomic mass is 10.2. The van der Waals surface area contributed by atoms with E-state index in [0.29, 0.717) is 29.4 Å². The zero-order valence-corrected chi connectivity index (χ0v) is 17.7. The van der Waals surface area contributed by atoms with Crippen LogP contribution in [0.15, 0.2) is 47.4 Å². The Morgan fingerprint density at radius 1 is 1.03 bits per heavy atom. The van der Waals surface area contributed by atoms with Crippen molar-refractivity contribution in [1.82, 2.24) is 4.72 Å². The number of methoxy groups -OCH3 is 2. The van der Waals surface area contributed by atoms with E-state index in [-0.39, 0.29) is 23.5 Å². The minimum Gasteiger partial charge on any atom is -0.493 e. The predicted molar refractivity (Wildman–Crippen MR) is 110 cm³/mol. The van der Waals surface area contributed by atoms with Gasteiger partial charge in [0, 0.05) is 17.8 Å². The Balaban J connectivity index is 1.94. The number of amides is 1. The lowest BCUT2D eigenvalue weighted by molar-refractivity contribution is -0.118. The fraction of sp³-hybridized carbons (Fsp3) is 0.350. The van der Waals surface area contributed by atoms with Crippen molar-refractivity contribution in [1.29, 1.82) is 0 Å². The highest BCUT2D eigenvalue weighted by Gasteiger charge is 2.16. The van der Waals surface area contributed by atoms with Gasteiger partial charge in [-0.1, -0.05) is 6.92 Å². The molecule has 0 fully saturated rings. The summed E-state index contributed by atoms with van der Waals surface area (Å²) in [6.45, 7) is 3.47. The third-order valence-electron chi connectivity index (χ3n) is 4.14. The van der Waals surface area contributed by atoms with Crippen LogP contribution in [0.1, 0.15) is 20.3 Å². The van der Waals surface area contributed by atoms with Crippen LogP contribution in [0, 0.1) is 0 Å². The van der Waals surface area contributed by atoms with Gasteiger partial charge in [0.1, 0.15) is 5.75 Å². The first-order valence-corrected chi connectivity index (χ1v) is 10.5. The number of nitrogens with one attached hydrogen (secondary N) is 2. The average Bonchev–Trinajstić information content (AvgIpc) is 2.72. The van der Waals surface area contributed by atoms with Gasteiger partial charge < -0.3 is 19.5 Å². The van der Waals surface area contributed by atoms with Crippen molar-refractivity contribution in [2.24, 2.45) is 0 Å². The van der Waals surface area contributed by atoms with Gasteiger partial charge in [0.2, 0.25) is 10.0 Å². The van der Waals surface area contributed by atoms with E-state index in [1.165, 1.54) is 38.5 Å².